The maximum absolute atomic E-state index is 10.9. The Balaban J connectivity index is 2.23. The lowest BCUT2D eigenvalue weighted by molar-refractivity contribution is -0.137. The summed E-state index contributed by atoms with van der Waals surface area (Å²) in [7, 11) is 0. The highest BCUT2D eigenvalue weighted by Gasteiger charge is 2.14. The zero-order valence-corrected chi connectivity index (χ0v) is 9.75. The molecule has 1 atom stereocenters. The molecule has 2 rings (SSSR count). The molecule has 0 aliphatic carbocycles. The highest BCUT2D eigenvalue weighted by molar-refractivity contribution is 7.17. The van der Waals surface area contributed by atoms with Gasteiger partial charge in [-0.3, -0.25) is 0 Å². The molecule has 16 heavy (non-hydrogen) atoms. The van der Waals surface area contributed by atoms with Crippen molar-refractivity contribution in [1.29, 1.82) is 0 Å². The Kier molecular flexibility index (Phi) is 3.10. The van der Waals surface area contributed by atoms with Crippen LogP contribution in [0.2, 0.25) is 0 Å². The van der Waals surface area contributed by atoms with Gasteiger partial charge in [-0.05, 0) is 41.5 Å². The number of hydrogen-bond donors (Lipinski definition) is 2. The van der Waals surface area contributed by atoms with Gasteiger partial charge in [0.05, 0.1) is 0 Å². The number of carboxylic acids is 1. The van der Waals surface area contributed by atoms with E-state index in [0.717, 1.165) is 11.1 Å². The smallest absolute Gasteiger partial charge is 0.326 e. The van der Waals surface area contributed by atoms with Gasteiger partial charge in [-0.25, -0.2) is 4.79 Å². The predicted molar refractivity (Wildman–Crippen MR) is 67.2 cm³/mol. The number of fused-ring (bicyclic) bond motifs is 1. The summed E-state index contributed by atoms with van der Waals surface area (Å²) in [5, 5.41) is 15.1. The molecule has 3 nitrogen and oxygen atoms in total. The number of carbonyl (C=O) groups is 1. The molecule has 2 N–H and O–H groups in total. The average Bonchev–Trinajstić information content (AvgIpc) is 2.72. The van der Waals surface area contributed by atoms with Gasteiger partial charge in [-0.2, -0.15) is 0 Å². The van der Waals surface area contributed by atoms with Gasteiger partial charge < -0.3 is 10.4 Å². The molecule has 0 fully saturated rings. The van der Waals surface area contributed by atoms with Crippen LogP contribution in [0.3, 0.4) is 0 Å². The first-order chi connectivity index (χ1) is 7.70. The van der Waals surface area contributed by atoms with Gasteiger partial charge in [0.25, 0.3) is 0 Å². The minimum absolute atomic E-state index is 0.518. The molecule has 0 radical (unpaired) electrons. The van der Waals surface area contributed by atoms with Crippen LogP contribution >= 0.6 is 11.3 Å². The van der Waals surface area contributed by atoms with Crippen LogP contribution in [0.15, 0.2) is 29.6 Å². The molecule has 0 aliphatic rings. The summed E-state index contributed by atoms with van der Waals surface area (Å²) in [5.41, 5.74) is 0.861. The van der Waals surface area contributed by atoms with Crippen LogP contribution in [-0.4, -0.2) is 17.1 Å². The SMILES string of the molecule is CCC(Nc1ccc2sccc2c1)C(=O)O. The first-order valence-corrected chi connectivity index (χ1v) is 6.05. The molecule has 0 saturated heterocycles. The molecule has 4 heteroatoms. The molecule has 84 valence electrons. The van der Waals surface area contributed by atoms with Crippen LogP contribution in [0.4, 0.5) is 5.69 Å². The van der Waals surface area contributed by atoms with E-state index in [0.29, 0.717) is 6.42 Å². The zero-order chi connectivity index (χ0) is 11.5. The van der Waals surface area contributed by atoms with E-state index >= 15 is 0 Å². The van der Waals surface area contributed by atoms with Crippen molar-refractivity contribution in [3.8, 4) is 0 Å². The molecule has 1 aromatic carbocycles. The molecular formula is C12H13NO2S. The molecule has 2 aromatic rings. The summed E-state index contributed by atoms with van der Waals surface area (Å²) in [5.74, 6) is -0.812. The van der Waals surface area contributed by atoms with Gasteiger partial charge in [0, 0.05) is 10.4 Å². The van der Waals surface area contributed by atoms with Gasteiger partial charge >= 0.3 is 5.97 Å². The van der Waals surface area contributed by atoms with Gasteiger partial charge in [-0.1, -0.05) is 6.92 Å². The van der Waals surface area contributed by atoms with Crippen LogP contribution in [0, 0.1) is 0 Å². The molecule has 0 saturated carbocycles. The van der Waals surface area contributed by atoms with Gasteiger partial charge in [0.15, 0.2) is 0 Å². The Hall–Kier alpha value is -1.55. The second-order valence-electron chi connectivity index (χ2n) is 3.62. The highest BCUT2D eigenvalue weighted by atomic mass is 32.1. The zero-order valence-electron chi connectivity index (χ0n) is 8.93. The summed E-state index contributed by atoms with van der Waals surface area (Å²) >= 11 is 1.68. The van der Waals surface area contributed by atoms with E-state index in [4.69, 9.17) is 5.11 Å². The van der Waals surface area contributed by atoms with Crippen molar-refractivity contribution >= 4 is 33.1 Å². The average molecular weight is 235 g/mol. The summed E-state index contributed by atoms with van der Waals surface area (Å²) < 4.78 is 1.22. The van der Waals surface area contributed by atoms with Gasteiger partial charge in [-0.15, -0.1) is 11.3 Å². The van der Waals surface area contributed by atoms with Crippen molar-refractivity contribution in [3.05, 3.63) is 29.6 Å². The fourth-order valence-corrected chi connectivity index (χ4v) is 2.37. The van der Waals surface area contributed by atoms with E-state index in [1.807, 2.05) is 36.6 Å². The van der Waals surface area contributed by atoms with Gasteiger partial charge in [0.2, 0.25) is 0 Å². The van der Waals surface area contributed by atoms with Gasteiger partial charge in [0.1, 0.15) is 6.04 Å². The molecule has 0 spiro atoms. The summed E-state index contributed by atoms with van der Waals surface area (Å²) in [6.45, 7) is 1.86. The number of aliphatic carboxylic acids is 1. The second-order valence-corrected chi connectivity index (χ2v) is 4.56. The van der Waals surface area contributed by atoms with Crippen molar-refractivity contribution in [2.45, 2.75) is 19.4 Å². The molecule has 0 amide bonds. The lowest BCUT2D eigenvalue weighted by atomic mass is 10.2. The van der Waals surface area contributed by atoms with Crippen molar-refractivity contribution in [3.63, 3.8) is 0 Å². The van der Waals surface area contributed by atoms with Crippen LogP contribution in [0.25, 0.3) is 10.1 Å². The number of anilines is 1. The van der Waals surface area contributed by atoms with Crippen molar-refractivity contribution in [1.82, 2.24) is 0 Å². The highest BCUT2D eigenvalue weighted by Crippen LogP contribution is 2.24. The topological polar surface area (TPSA) is 49.3 Å². The largest absolute Gasteiger partial charge is 0.480 e. The predicted octanol–water partition coefficient (Wildman–Crippen LogP) is 3.18. The third-order valence-electron chi connectivity index (χ3n) is 2.50. The fraction of sp³-hybridized carbons (Fsp3) is 0.250. The first kappa shape index (κ1) is 11.0. The Labute approximate surface area is 97.7 Å². The monoisotopic (exact) mass is 235 g/mol. The molecule has 1 heterocycles. The Morgan fingerprint density at radius 3 is 3.00 bits per heavy atom. The molecule has 1 unspecified atom stereocenters. The van der Waals surface area contributed by atoms with E-state index in [1.54, 1.807) is 11.3 Å². The second kappa shape index (κ2) is 4.53. The molecule has 1 aromatic heterocycles. The number of hydrogen-bond acceptors (Lipinski definition) is 3. The Morgan fingerprint density at radius 1 is 1.50 bits per heavy atom. The third-order valence-corrected chi connectivity index (χ3v) is 3.40. The molecule has 0 aliphatic heterocycles. The van der Waals surface area contributed by atoms with Crippen LogP contribution in [-0.2, 0) is 4.79 Å². The number of carboxylic acid groups (broad SMARTS) is 1. The Bertz CT molecular complexity index is 506. The van der Waals surface area contributed by atoms with Crippen molar-refractivity contribution < 1.29 is 9.90 Å². The normalized spacial score (nSPS) is 12.6. The Morgan fingerprint density at radius 2 is 2.31 bits per heavy atom. The number of benzene rings is 1. The van der Waals surface area contributed by atoms with Crippen LogP contribution in [0.1, 0.15) is 13.3 Å². The maximum Gasteiger partial charge on any atom is 0.326 e. The van der Waals surface area contributed by atoms with Crippen LogP contribution < -0.4 is 5.32 Å². The molecule has 0 bridgehead atoms. The quantitative estimate of drug-likeness (QED) is 0.855. The van der Waals surface area contributed by atoms with E-state index in [-0.39, 0.29) is 0 Å². The fourth-order valence-electron chi connectivity index (χ4n) is 1.60. The minimum atomic E-state index is -0.812. The summed E-state index contributed by atoms with van der Waals surface area (Å²) in [6.07, 6.45) is 0.566. The summed E-state index contributed by atoms with van der Waals surface area (Å²) in [6, 6.07) is 7.43. The number of rotatable bonds is 4. The van der Waals surface area contributed by atoms with Crippen LogP contribution in [0.5, 0.6) is 0 Å². The molecular weight excluding hydrogens is 222 g/mol. The van der Waals surface area contributed by atoms with E-state index < -0.39 is 12.0 Å². The standard InChI is InChI=1S/C12H13NO2S/c1-2-10(12(14)15)13-9-3-4-11-8(7-9)5-6-16-11/h3-7,10,13H,2H2,1H3,(H,14,15). The third kappa shape index (κ3) is 2.17. The maximum atomic E-state index is 10.9. The van der Waals surface area contributed by atoms with E-state index in [1.165, 1.54) is 4.70 Å². The lowest BCUT2D eigenvalue weighted by Crippen LogP contribution is -2.28. The van der Waals surface area contributed by atoms with Crippen molar-refractivity contribution in [2.75, 3.05) is 5.32 Å². The summed E-state index contributed by atoms with van der Waals surface area (Å²) in [4.78, 5) is 10.9. The first-order valence-electron chi connectivity index (χ1n) is 5.17. The van der Waals surface area contributed by atoms with E-state index in [2.05, 4.69) is 5.32 Å². The number of nitrogens with one attached hydrogen (secondary N) is 1. The minimum Gasteiger partial charge on any atom is -0.480 e. The lowest BCUT2D eigenvalue weighted by Gasteiger charge is -2.13. The number of thiophene rings is 1. The van der Waals surface area contributed by atoms with Crippen molar-refractivity contribution in [2.24, 2.45) is 0 Å². The van der Waals surface area contributed by atoms with E-state index in [9.17, 15) is 4.79 Å².